The first kappa shape index (κ1) is 20.3. The van der Waals surface area contributed by atoms with E-state index in [0.717, 1.165) is 10.4 Å². The van der Waals surface area contributed by atoms with E-state index >= 15 is 0 Å². The largest absolute Gasteiger partial charge is 0.0833 e. The van der Waals surface area contributed by atoms with Gasteiger partial charge in [0.15, 0.2) is 0 Å². The molecule has 1 aliphatic rings. The van der Waals surface area contributed by atoms with Crippen LogP contribution in [0, 0.1) is 13.8 Å². The fourth-order valence-corrected chi connectivity index (χ4v) is 5.87. The summed E-state index contributed by atoms with van der Waals surface area (Å²) in [6.45, 7) is 4.29. The van der Waals surface area contributed by atoms with E-state index in [9.17, 15) is 0 Å². The topological polar surface area (TPSA) is 0 Å². The molecule has 0 amide bonds. The molecule has 0 N–H and O–H groups in total. The average molecular weight is 445 g/mol. The van der Waals surface area contributed by atoms with Gasteiger partial charge in [-0.2, -0.15) is 0 Å². The lowest BCUT2D eigenvalue weighted by molar-refractivity contribution is 0.611. The van der Waals surface area contributed by atoms with Gasteiger partial charge >= 0.3 is 0 Å². The fourth-order valence-electron chi connectivity index (χ4n) is 5.48. The van der Waals surface area contributed by atoms with E-state index in [1.54, 1.807) is 0 Å². The second-order valence-corrected chi connectivity index (χ2v) is 9.58. The van der Waals surface area contributed by atoms with Crippen molar-refractivity contribution in [1.29, 1.82) is 0 Å². The zero-order valence-electron chi connectivity index (χ0n) is 18.8. The van der Waals surface area contributed by atoms with Crippen molar-refractivity contribution in [2.24, 2.45) is 0 Å². The highest BCUT2D eigenvalue weighted by atomic mass is 35.5. The van der Waals surface area contributed by atoms with Crippen LogP contribution in [0.5, 0.6) is 0 Å². The maximum atomic E-state index is 7.20. The lowest BCUT2D eigenvalue weighted by atomic mass is 9.59. The first-order valence-electron chi connectivity index (χ1n) is 11.6. The van der Waals surface area contributed by atoms with Crippen LogP contribution in [0.15, 0.2) is 103 Å². The van der Waals surface area contributed by atoms with Gasteiger partial charge in [0.25, 0.3) is 0 Å². The molecular formula is C32H25Cl. The van der Waals surface area contributed by atoms with Crippen LogP contribution in [0.2, 0.25) is 5.02 Å². The highest BCUT2D eigenvalue weighted by molar-refractivity contribution is 6.37. The molecule has 1 heteroatoms. The summed E-state index contributed by atoms with van der Waals surface area (Å²) in [4.78, 5) is 0. The molecule has 0 fully saturated rings. The third-order valence-electron chi connectivity index (χ3n) is 7.12. The summed E-state index contributed by atoms with van der Waals surface area (Å²) in [5, 5.41) is 3.26. The monoisotopic (exact) mass is 444 g/mol. The smallest absolute Gasteiger partial charge is 0.0526 e. The van der Waals surface area contributed by atoms with E-state index in [1.165, 1.54) is 49.9 Å². The maximum absolute atomic E-state index is 7.20. The highest BCUT2D eigenvalue weighted by Gasteiger charge is 2.44. The van der Waals surface area contributed by atoms with Gasteiger partial charge in [-0.1, -0.05) is 126 Å². The van der Waals surface area contributed by atoms with E-state index in [0.29, 0.717) is 0 Å². The molecule has 0 radical (unpaired) electrons. The average Bonchev–Trinajstić information content (AvgIpc) is 2.84. The van der Waals surface area contributed by atoms with Crippen molar-refractivity contribution in [1.82, 2.24) is 0 Å². The minimum Gasteiger partial charge on any atom is -0.0833 e. The number of aryl methyl sites for hydroxylation is 2. The van der Waals surface area contributed by atoms with Crippen LogP contribution in [-0.2, 0) is 0 Å². The standard InChI is InChI=1S/C32H25Cl/c1-20-12-16-23(17-13-20)28-29(24-18-14-21(2)15-19-24)31-30(28)27(22-8-4-3-5-9-22)25-10-6-7-11-26(25)32(31)33/h3-19,28-29H,1-2H3/t28-,29-/m0/s1. The van der Waals surface area contributed by atoms with Crippen molar-refractivity contribution in [3.8, 4) is 11.1 Å². The second-order valence-electron chi connectivity index (χ2n) is 9.20. The van der Waals surface area contributed by atoms with Crippen LogP contribution in [0.3, 0.4) is 0 Å². The zero-order valence-corrected chi connectivity index (χ0v) is 19.6. The predicted molar refractivity (Wildman–Crippen MR) is 140 cm³/mol. The lowest BCUT2D eigenvalue weighted by Crippen LogP contribution is -2.28. The van der Waals surface area contributed by atoms with Crippen LogP contribution < -0.4 is 0 Å². The summed E-state index contributed by atoms with van der Waals surface area (Å²) >= 11 is 7.20. The van der Waals surface area contributed by atoms with E-state index in [-0.39, 0.29) is 11.8 Å². The normalized spacial score (nSPS) is 16.9. The van der Waals surface area contributed by atoms with Gasteiger partial charge in [0.1, 0.15) is 0 Å². The Kier molecular flexibility index (Phi) is 4.85. The Morgan fingerprint density at radius 1 is 0.515 bits per heavy atom. The summed E-state index contributed by atoms with van der Waals surface area (Å²) < 4.78 is 0. The Balaban J connectivity index is 1.70. The molecule has 0 saturated carbocycles. The third kappa shape index (κ3) is 3.21. The zero-order chi connectivity index (χ0) is 22.5. The molecule has 6 rings (SSSR count). The summed E-state index contributed by atoms with van der Waals surface area (Å²) in [5.41, 5.74) is 10.5. The Labute approximate surface area is 200 Å². The van der Waals surface area contributed by atoms with Crippen molar-refractivity contribution in [3.05, 3.63) is 142 Å². The number of rotatable bonds is 3. The number of fused-ring (bicyclic) bond motifs is 2. The van der Waals surface area contributed by atoms with E-state index in [2.05, 4.69) is 117 Å². The van der Waals surface area contributed by atoms with Crippen molar-refractivity contribution in [2.45, 2.75) is 25.7 Å². The molecule has 0 nitrogen and oxygen atoms in total. The van der Waals surface area contributed by atoms with Gasteiger partial charge in [-0.25, -0.2) is 0 Å². The molecule has 0 heterocycles. The van der Waals surface area contributed by atoms with Crippen molar-refractivity contribution in [2.75, 3.05) is 0 Å². The summed E-state index contributed by atoms with van der Waals surface area (Å²) in [6, 6.07) is 37.4. The molecule has 0 aliphatic heterocycles. The Hall–Kier alpha value is -3.35. The molecule has 0 spiro atoms. The molecule has 2 atom stereocenters. The molecular weight excluding hydrogens is 420 g/mol. The molecule has 0 unspecified atom stereocenters. The van der Waals surface area contributed by atoms with E-state index in [1.807, 2.05) is 0 Å². The summed E-state index contributed by atoms with van der Waals surface area (Å²) in [6.07, 6.45) is 0. The number of halogens is 1. The summed E-state index contributed by atoms with van der Waals surface area (Å²) in [7, 11) is 0. The number of benzene rings is 5. The van der Waals surface area contributed by atoms with Gasteiger partial charge in [0.05, 0.1) is 5.02 Å². The van der Waals surface area contributed by atoms with Gasteiger partial charge in [-0.05, 0) is 52.6 Å². The molecule has 0 bridgehead atoms. The van der Waals surface area contributed by atoms with Crippen molar-refractivity contribution >= 4 is 22.4 Å². The van der Waals surface area contributed by atoms with Gasteiger partial charge in [0.2, 0.25) is 0 Å². The molecule has 0 aromatic heterocycles. The van der Waals surface area contributed by atoms with Gasteiger partial charge < -0.3 is 0 Å². The molecule has 1 aliphatic carbocycles. The van der Waals surface area contributed by atoms with E-state index in [4.69, 9.17) is 11.6 Å². The summed E-state index contributed by atoms with van der Waals surface area (Å²) in [5.74, 6) is 0.503. The molecule has 5 aromatic rings. The third-order valence-corrected chi connectivity index (χ3v) is 7.53. The second kappa shape index (κ2) is 7.90. The van der Waals surface area contributed by atoms with Gasteiger partial charge in [0, 0.05) is 17.2 Å². The minimum atomic E-state index is 0.239. The number of hydrogen-bond donors (Lipinski definition) is 0. The minimum absolute atomic E-state index is 0.239. The predicted octanol–water partition coefficient (Wildman–Crippen LogP) is 9.05. The highest BCUT2D eigenvalue weighted by Crippen LogP contribution is 2.61. The molecule has 0 saturated heterocycles. The Morgan fingerprint density at radius 2 is 1.00 bits per heavy atom. The molecule has 5 aromatic carbocycles. The SMILES string of the molecule is Cc1ccc([C@@H]2c3c(c(-c4ccccc4)c4ccccc4c3Cl)[C@H]2c2ccc(C)cc2)cc1. The van der Waals surface area contributed by atoms with Gasteiger partial charge in [-0.3, -0.25) is 0 Å². The Morgan fingerprint density at radius 3 is 1.58 bits per heavy atom. The van der Waals surface area contributed by atoms with Crippen molar-refractivity contribution in [3.63, 3.8) is 0 Å². The Bertz CT molecular complexity index is 1460. The molecule has 33 heavy (non-hydrogen) atoms. The van der Waals surface area contributed by atoms with Crippen LogP contribution in [-0.4, -0.2) is 0 Å². The van der Waals surface area contributed by atoms with Crippen LogP contribution in [0.1, 0.15) is 45.2 Å². The maximum Gasteiger partial charge on any atom is 0.0526 e. The van der Waals surface area contributed by atoms with Crippen LogP contribution in [0.4, 0.5) is 0 Å². The fraction of sp³-hybridized carbons (Fsp3) is 0.125. The van der Waals surface area contributed by atoms with Crippen LogP contribution in [0.25, 0.3) is 21.9 Å². The van der Waals surface area contributed by atoms with Crippen molar-refractivity contribution < 1.29 is 0 Å². The van der Waals surface area contributed by atoms with Gasteiger partial charge in [-0.15, -0.1) is 0 Å². The lowest BCUT2D eigenvalue weighted by Gasteiger charge is -2.44. The van der Waals surface area contributed by atoms with Crippen LogP contribution >= 0.6 is 11.6 Å². The quantitative estimate of drug-likeness (QED) is 0.260. The van der Waals surface area contributed by atoms with E-state index < -0.39 is 0 Å². The number of hydrogen-bond acceptors (Lipinski definition) is 0. The first-order chi connectivity index (χ1) is 16.1. The first-order valence-corrected chi connectivity index (χ1v) is 11.9. The molecule has 160 valence electrons.